The molecule has 2 aromatic heterocycles. The van der Waals surface area contributed by atoms with Gasteiger partial charge in [0.1, 0.15) is 11.9 Å². The summed E-state index contributed by atoms with van der Waals surface area (Å²) < 4.78 is 18.6. The summed E-state index contributed by atoms with van der Waals surface area (Å²) >= 11 is 7.19. The highest BCUT2D eigenvalue weighted by Crippen LogP contribution is 2.27. The van der Waals surface area contributed by atoms with Gasteiger partial charge in [-0.25, -0.2) is 4.39 Å². The van der Waals surface area contributed by atoms with Gasteiger partial charge in [0.25, 0.3) is 11.8 Å². The first-order valence-electron chi connectivity index (χ1n) is 6.82. The van der Waals surface area contributed by atoms with Crippen molar-refractivity contribution < 1.29 is 18.8 Å². The fourth-order valence-electron chi connectivity index (χ4n) is 1.95. The highest BCUT2D eigenvalue weighted by Gasteiger charge is 2.22. The molecule has 0 aliphatic rings. The standard InChI is InChI=1S/C15H11ClFN3O3S/c16-12-5-9(7-24-12)13-19-15(23-20-13)11(6-21)18-14(22)8-1-3-10(17)4-2-8/h1-5,7,11,21H,6H2,(H,18,22). The number of carbonyl (C=O) groups excluding carboxylic acids is 1. The van der Waals surface area contributed by atoms with E-state index in [2.05, 4.69) is 15.5 Å². The van der Waals surface area contributed by atoms with E-state index in [4.69, 9.17) is 16.1 Å². The van der Waals surface area contributed by atoms with Crippen molar-refractivity contribution >= 4 is 28.8 Å². The van der Waals surface area contributed by atoms with Crippen LogP contribution in [-0.4, -0.2) is 27.8 Å². The number of hydrogen-bond donors (Lipinski definition) is 2. The molecule has 0 spiro atoms. The van der Waals surface area contributed by atoms with Gasteiger partial charge in [0.15, 0.2) is 0 Å². The van der Waals surface area contributed by atoms with Gasteiger partial charge < -0.3 is 14.9 Å². The summed E-state index contributed by atoms with van der Waals surface area (Å²) in [6.07, 6.45) is 0. The third-order valence-corrected chi connectivity index (χ3v) is 4.25. The molecule has 9 heteroatoms. The van der Waals surface area contributed by atoms with Crippen molar-refractivity contribution in [1.29, 1.82) is 0 Å². The first kappa shape index (κ1) is 16.6. The molecule has 0 saturated carbocycles. The minimum Gasteiger partial charge on any atom is -0.394 e. The van der Waals surface area contributed by atoms with Crippen LogP contribution < -0.4 is 5.32 Å². The van der Waals surface area contributed by atoms with Crippen LogP contribution in [0.2, 0.25) is 4.34 Å². The molecule has 0 aliphatic carbocycles. The van der Waals surface area contributed by atoms with Crippen LogP contribution in [0.4, 0.5) is 4.39 Å². The summed E-state index contributed by atoms with van der Waals surface area (Å²) in [5, 5.41) is 17.6. The predicted octanol–water partition coefficient (Wildman–Crippen LogP) is 3.05. The number of hydrogen-bond acceptors (Lipinski definition) is 6. The largest absolute Gasteiger partial charge is 0.394 e. The lowest BCUT2D eigenvalue weighted by Crippen LogP contribution is -2.31. The van der Waals surface area contributed by atoms with Crippen molar-refractivity contribution in [3.8, 4) is 11.4 Å². The zero-order valence-electron chi connectivity index (χ0n) is 12.1. The van der Waals surface area contributed by atoms with Gasteiger partial charge in [-0.3, -0.25) is 4.79 Å². The fraction of sp³-hybridized carbons (Fsp3) is 0.133. The molecule has 3 rings (SSSR count). The van der Waals surface area contributed by atoms with Crippen LogP contribution >= 0.6 is 22.9 Å². The zero-order valence-corrected chi connectivity index (χ0v) is 13.6. The van der Waals surface area contributed by atoms with Crippen LogP contribution in [0.5, 0.6) is 0 Å². The van der Waals surface area contributed by atoms with E-state index in [1.54, 1.807) is 11.4 Å². The molecule has 1 atom stereocenters. The Balaban J connectivity index is 1.75. The van der Waals surface area contributed by atoms with Crippen LogP contribution in [0, 0.1) is 5.82 Å². The maximum absolute atomic E-state index is 12.9. The first-order chi connectivity index (χ1) is 11.6. The minimum atomic E-state index is -0.877. The van der Waals surface area contributed by atoms with Crippen LogP contribution in [0.3, 0.4) is 0 Å². The molecule has 3 aromatic rings. The predicted molar refractivity (Wildman–Crippen MR) is 86.3 cm³/mol. The van der Waals surface area contributed by atoms with Crippen molar-refractivity contribution in [2.45, 2.75) is 6.04 Å². The second kappa shape index (κ2) is 7.08. The molecule has 124 valence electrons. The molecule has 1 amide bonds. The van der Waals surface area contributed by atoms with E-state index in [1.165, 1.54) is 35.6 Å². The topological polar surface area (TPSA) is 88.2 Å². The molecular weight excluding hydrogens is 357 g/mol. The Kier molecular flexibility index (Phi) is 4.89. The Morgan fingerprint density at radius 1 is 1.42 bits per heavy atom. The van der Waals surface area contributed by atoms with E-state index in [1.807, 2.05) is 0 Å². The summed E-state index contributed by atoms with van der Waals surface area (Å²) in [5.74, 6) is -0.568. The average molecular weight is 368 g/mol. The molecule has 1 unspecified atom stereocenters. The molecule has 24 heavy (non-hydrogen) atoms. The van der Waals surface area contributed by atoms with Crippen molar-refractivity contribution in [3.63, 3.8) is 0 Å². The van der Waals surface area contributed by atoms with Gasteiger partial charge in [-0.05, 0) is 30.3 Å². The Morgan fingerprint density at radius 2 is 2.17 bits per heavy atom. The van der Waals surface area contributed by atoms with E-state index < -0.39 is 24.4 Å². The summed E-state index contributed by atoms with van der Waals surface area (Å²) in [6.45, 7) is -0.432. The van der Waals surface area contributed by atoms with Crippen molar-refractivity contribution in [2.75, 3.05) is 6.61 Å². The van der Waals surface area contributed by atoms with Gasteiger partial charge in [0.05, 0.1) is 10.9 Å². The number of nitrogens with one attached hydrogen (secondary N) is 1. The first-order valence-corrected chi connectivity index (χ1v) is 8.08. The maximum Gasteiger partial charge on any atom is 0.251 e. The number of aliphatic hydroxyl groups excluding tert-OH is 1. The molecule has 0 saturated heterocycles. The number of thiophene rings is 1. The van der Waals surface area contributed by atoms with E-state index in [-0.39, 0.29) is 11.5 Å². The smallest absolute Gasteiger partial charge is 0.251 e. The molecule has 6 nitrogen and oxygen atoms in total. The molecule has 2 N–H and O–H groups in total. The minimum absolute atomic E-state index is 0.0604. The van der Waals surface area contributed by atoms with E-state index in [0.717, 1.165) is 0 Å². The summed E-state index contributed by atoms with van der Waals surface area (Å²) in [7, 11) is 0. The second-order valence-electron chi connectivity index (χ2n) is 4.81. The lowest BCUT2D eigenvalue weighted by Gasteiger charge is -2.12. The van der Waals surface area contributed by atoms with Crippen LogP contribution in [0.15, 0.2) is 40.2 Å². The fourth-order valence-corrected chi connectivity index (χ4v) is 2.81. The van der Waals surface area contributed by atoms with E-state index in [0.29, 0.717) is 15.7 Å². The van der Waals surface area contributed by atoms with Crippen molar-refractivity contribution in [1.82, 2.24) is 15.5 Å². The number of nitrogens with zero attached hydrogens (tertiary/aromatic N) is 2. The number of rotatable bonds is 5. The SMILES string of the molecule is O=C(NC(CO)c1nc(-c2csc(Cl)c2)no1)c1ccc(F)cc1. The van der Waals surface area contributed by atoms with E-state index in [9.17, 15) is 14.3 Å². The van der Waals surface area contributed by atoms with Crippen LogP contribution in [-0.2, 0) is 0 Å². The summed E-state index contributed by atoms with van der Waals surface area (Å²) in [5.41, 5.74) is 0.931. The molecule has 1 aromatic carbocycles. The lowest BCUT2D eigenvalue weighted by atomic mass is 10.2. The third-order valence-electron chi connectivity index (χ3n) is 3.16. The van der Waals surface area contributed by atoms with Gasteiger partial charge in [-0.1, -0.05) is 16.8 Å². The highest BCUT2D eigenvalue weighted by atomic mass is 35.5. The Hall–Kier alpha value is -2.29. The lowest BCUT2D eigenvalue weighted by molar-refractivity contribution is 0.0901. The van der Waals surface area contributed by atoms with Crippen molar-refractivity contribution in [3.05, 3.63) is 57.3 Å². The third kappa shape index (κ3) is 3.61. The Labute approximate surface area is 144 Å². The summed E-state index contributed by atoms with van der Waals surface area (Å²) in [4.78, 5) is 16.3. The molecular formula is C15H11ClFN3O3S. The van der Waals surface area contributed by atoms with Gasteiger partial charge in [0.2, 0.25) is 5.82 Å². The highest BCUT2D eigenvalue weighted by molar-refractivity contribution is 7.14. The van der Waals surface area contributed by atoms with Gasteiger partial charge in [0, 0.05) is 16.5 Å². The molecule has 0 aliphatic heterocycles. The van der Waals surface area contributed by atoms with Crippen LogP contribution in [0.25, 0.3) is 11.4 Å². The average Bonchev–Trinajstić information content (AvgIpc) is 3.22. The molecule has 0 fully saturated rings. The maximum atomic E-state index is 12.9. The number of amides is 1. The normalized spacial score (nSPS) is 12.1. The number of benzene rings is 1. The summed E-state index contributed by atoms with van der Waals surface area (Å²) in [6, 6.07) is 5.84. The number of aliphatic hydroxyl groups is 1. The van der Waals surface area contributed by atoms with Crippen LogP contribution in [0.1, 0.15) is 22.3 Å². The van der Waals surface area contributed by atoms with Gasteiger partial charge in [-0.15, -0.1) is 11.3 Å². The Morgan fingerprint density at radius 3 is 2.79 bits per heavy atom. The zero-order chi connectivity index (χ0) is 17.1. The molecule has 0 bridgehead atoms. The van der Waals surface area contributed by atoms with E-state index >= 15 is 0 Å². The number of carbonyl (C=O) groups is 1. The molecule has 2 heterocycles. The monoisotopic (exact) mass is 367 g/mol. The van der Waals surface area contributed by atoms with Gasteiger partial charge in [-0.2, -0.15) is 4.98 Å². The number of aromatic nitrogens is 2. The number of halogens is 2. The Bertz CT molecular complexity index is 850. The quantitative estimate of drug-likeness (QED) is 0.723. The van der Waals surface area contributed by atoms with Gasteiger partial charge >= 0.3 is 0 Å². The second-order valence-corrected chi connectivity index (χ2v) is 6.35. The van der Waals surface area contributed by atoms with Crippen molar-refractivity contribution in [2.24, 2.45) is 0 Å². The molecule has 0 radical (unpaired) electrons.